The van der Waals surface area contributed by atoms with Crippen molar-refractivity contribution in [1.82, 2.24) is 15.5 Å². The molecule has 6 nitrogen and oxygen atoms in total. The zero-order chi connectivity index (χ0) is 15.9. The predicted molar refractivity (Wildman–Crippen MR) is 88.0 cm³/mol. The van der Waals surface area contributed by atoms with Crippen LogP contribution < -0.4 is 10.6 Å². The molecule has 2 N–H and O–H groups in total. The number of amides is 2. The molecular formula is C14H18N4O2S2. The van der Waals surface area contributed by atoms with E-state index in [-0.39, 0.29) is 24.3 Å². The largest absolute Gasteiger partial charge is 0.348 e. The van der Waals surface area contributed by atoms with Gasteiger partial charge in [-0.15, -0.1) is 21.5 Å². The van der Waals surface area contributed by atoms with E-state index in [1.807, 2.05) is 17.5 Å². The summed E-state index contributed by atoms with van der Waals surface area (Å²) in [6, 6.07) is 3.48. The van der Waals surface area contributed by atoms with Crippen LogP contribution in [0.2, 0.25) is 0 Å². The van der Waals surface area contributed by atoms with Crippen LogP contribution >= 0.6 is 22.7 Å². The summed E-state index contributed by atoms with van der Waals surface area (Å²) >= 11 is 2.90. The van der Waals surface area contributed by atoms with E-state index >= 15 is 0 Å². The lowest BCUT2D eigenvalue weighted by Crippen LogP contribution is -2.29. The average molecular weight is 338 g/mol. The standard InChI is InChI=1S/C14H18N4O2S2/c1-3-5-13-17-18-14(22-13)16-12(20)8-10(15-9(2)19)11-6-4-7-21-11/h4,6-7,10H,3,5,8H2,1-2H3,(H,15,19)(H,16,18,20). The Hall–Kier alpha value is -1.80. The van der Waals surface area contributed by atoms with Gasteiger partial charge in [0.1, 0.15) is 5.01 Å². The molecule has 0 aromatic carbocycles. The second-order valence-corrected chi connectivity index (χ2v) is 6.81. The second-order valence-electron chi connectivity index (χ2n) is 4.77. The fraction of sp³-hybridized carbons (Fsp3) is 0.429. The lowest BCUT2D eigenvalue weighted by atomic mass is 10.1. The van der Waals surface area contributed by atoms with Crippen molar-refractivity contribution in [3.63, 3.8) is 0 Å². The highest BCUT2D eigenvalue weighted by Gasteiger charge is 2.19. The molecule has 0 spiro atoms. The normalized spacial score (nSPS) is 11.9. The van der Waals surface area contributed by atoms with Gasteiger partial charge in [0.15, 0.2) is 0 Å². The average Bonchev–Trinajstić information content (AvgIpc) is 3.09. The number of thiophene rings is 1. The van der Waals surface area contributed by atoms with Crippen molar-refractivity contribution in [2.75, 3.05) is 5.32 Å². The van der Waals surface area contributed by atoms with Gasteiger partial charge in [-0.1, -0.05) is 24.3 Å². The quantitative estimate of drug-likeness (QED) is 0.813. The van der Waals surface area contributed by atoms with Gasteiger partial charge in [0.05, 0.1) is 12.5 Å². The zero-order valence-electron chi connectivity index (χ0n) is 12.5. The van der Waals surface area contributed by atoms with Crippen LogP contribution in [0, 0.1) is 0 Å². The van der Waals surface area contributed by atoms with Crippen molar-refractivity contribution >= 4 is 39.6 Å². The van der Waals surface area contributed by atoms with E-state index in [9.17, 15) is 9.59 Å². The number of nitrogens with zero attached hydrogens (tertiary/aromatic N) is 2. The van der Waals surface area contributed by atoms with Crippen LogP contribution in [0.4, 0.5) is 5.13 Å². The maximum atomic E-state index is 12.1. The van der Waals surface area contributed by atoms with Gasteiger partial charge in [0, 0.05) is 18.2 Å². The molecule has 0 radical (unpaired) electrons. The number of rotatable bonds is 7. The Morgan fingerprint density at radius 3 is 2.82 bits per heavy atom. The Bertz CT molecular complexity index is 625. The number of carbonyl (C=O) groups is 2. The SMILES string of the molecule is CCCc1nnc(NC(=O)CC(NC(C)=O)c2cccs2)s1. The second kappa shape index (κ2) is 8.00. The van der Waals surface area contributed by atoms with Crippen molar-refractivity contribution in [3.8, 4) is 0 Å². The number of aryl methyl sites for hydroxylation is 1. The number of hydrogen-bond acceptors (Lipinski definition) is 6. The Balaban J connectivity index is 1.96. The van der Waals surface area contributed by atoms with Crippen LogP contribution in [-0.2, 0) is 16.0 Å². The van der Waals surface area contributed by atoms with E-state index in [1.165, 1.54) is 29.6 Å². The highest BCUT2D eigenvalue weighted by molar-refractivity contribution is 7.15. The van der Waals surface area contributed by atoms with Crippen molar-refractivity contribution in [2.45, 2.75) is 39.2 Å². The smallest absolute Gasteiger partial charge is 0.228 e. The minimum atomic E-state index is -0.319. The van der Waals surface area contributed by atoms with Crippen molar-refractivity contribution in [1.29, 1.82) is 0 Å². The Morgan fingerprint density at radius 2 is 2.18 bits per heavy atom. The fourth-order valence-corrected chi connectivity index (χ4v) is 3.57. The maximum absolute atomic E-state index is 12.1. The number of hydrogen-bond donors (Lipinski definition) is 2. The van der Waals surface area contributed by atoms with E-state index < -0.39 is 0 Å². The summed E-state index contributed by atoms with van der Waals surface area (Å²) in [4.78, 5) is 24.4. The first kappa shape index (κ1) is 16.6. The number of nitrogens with one attached hydrogen (secondary N) is 2. The Morgan fingerprint density at radius 1 is 1.36 bits per heavy atom. The van der Waals surface area contributed by atoms with E-state index in [0.717, 1.165) is 22.7 Å². The first-order valence-corrected chi connectivity index (χ1v) is 8.70. The van der Waals surface area contributed by atoms with Crippen LogP contribution in [0.1, 0.15) is 42.6 Å². The van der Waals surface area contributed by atoms with Gasteiger partial charge in [-0.25, -0.2) is 0 Å². The first-order valence-electron chi connectivity index (χ1n) is 7.01. The Labute approximate surface area is 137 Å². The highest BCUT2D eigenvalue weighted by atomic mass is 32.1. The molecule has 0 saturated carbocycles. The number of anilines is 1. The monoisotopic (exact) mass is 338 g/mol. The van der Waals surface area contributed by atoms with E-state index in [4.69, 9.17) is 0 Å². The van der Waals surface area contributed by atoms with Gasteiger partial charge in [0.25, 0.3) is 0 Å². The van der Waals surface area contributed by atoms with Crippen molar-refractivity contribution in [3.05, 3.63) is 27.4 Å². The summed E-state index contributed by atoms with van der Waals surface area (Å²) in [5.41, 5.74) is 0. The molecule has 2 aromatic heterocycles. The maximum Gasteiger partial charge on any atom is 0.228 e. The van der Waals surface area contributed by atoms with Gasteiger partial charge in [0.2, 0.25) is 16.9 Å². The van der Waals surface area contributed by atoms with Gasteiger partial charge in [-0.05, 0) is 17.9 Å². The van der Waals surface area contributed by atoms with Gasteiger partial charge >= 0.3 is 0 Å². The summed E-state index contributed by atoms with van der Waals surface area (Å²) in [5, 5.41) is 16.9. The van der Waals surface area contributed by atoms with Crippen molar-refractivity contribution < 1.29 is 9.59 Å². The molecule has 2 aromatic rings. The predicted octanol–water partition coefficient (Wildman–Crippen LogP) is 2.76. The molecule has 2 rings (SSSR count). The van der Waals surface area contributed by atoms with Crippen molar-refractivity contribution in [2.24, 2.45) is 0 Å². The number of aromatic nitrogens is 2. The third-order valence-electron chi connectivity index (χ3n) is 2.83. The highest BCUT2D eigenvalue weighted by Crippen LogP contribution is 2.23. The van der Waals surface area contributed by atoms with Crippen LogP contribution in [-0.4, -0.2) is 22.0 Å². The molecule has 22 heavy (non-hydrogen) atoms. The van der Waals surface area contributed by atoms with Gasteiger partial charge < -0.3 is 10.6 Å². The van der Waals surface area contributed by atoms with Gasteiger partial charge in [-0.2, -0.15) is 0 Å². The topological polar surface area (TPSA) is 84.0 Å². The van der Waals surface area contributed by atoms with Crippen LogP contribution in [0.15, 0.2) is 17.5 Å². The third kappa shape index (κ3) is 4.88. The lowest BCUT2D eigenvalue weighted by molar-refractivity contribution is -0.120. The fourth-order valence-electron chi connectivity index (χ4n) is 1.93. The molecule has 1 atom stereocenters. The molecule has 1 unspecified atom stereocenters. The summed E-state index contributed by atoms with van der Waals surface area (Å²) in [6.07, 6.45) is 2.02. The molecule has 2 heterocycles. The van der Waals surface area contributed by atoms with Crippen LogP contribution in [0.3, 0.4) is 0 Å². The van der Waals surface area contributed by atoms with Crippen LogP contribution in [0.5, 0.6) is 0 Å². The molecule has 0 bridgehead atoms. The summed E-state index contributed by atoms with van der Waals surface area (Å²) in [6.45, 7) is 3.51. The molecule has 2 amide bonds. The van der Waals surface area contributed by atoms with E-state index in [1.54, 1.807) is 0 Å². The molecule has 8 heteroatoms. The molecule has 0 aliphatic carbocycles. The minimum absolute atomic E-state index is 0.160. The molecule has 118 valence electrons. The number of carbonyl (C=O) groups excluding carboxylic acids is 2. The van der Waals surface area contributed by atoms with Gasteiger partial charge in [-0.3, -0.25) is 9.59 Å². The van der Waals surface area contributed by atoms with E-state index in [2.05, 4.69) is 27.8 Å². The van der Waals surface area contributed by atoms with E-state index in [0.29, 0.717) is 5.13 Å². The van der Waals surface area contributed by atoms with Crippen LogP contribution in [0.25, 0.3) is 0 Å². The molecular weight excluding hydrogens is 320 g/mol. The molecule has 0 saturated heterocycles. The third-order valence-corrected chi connectivity index (χ3v) is 4.72. The lowest BCUT2D eigenvalue weighted by Gasteiger charge is -2.15. The minimum Gasteiger partial charge on any atom is -0.348 e. The summed E-state index contributed by atoms with van der Waals surface area (Å²) in [7, 11) is 0. The molecule has 0 fully saturated rings. The Kier molecular flexibility index (Phi) is 6.02. The molecule has 0 aliphatic heterocycles. The summed E-state index contributed by atoms with van der Waals surface area (Å²) < 4.78 is 0. The summed E-state index contributed by atoms with van der Waals surface area (Å²) in [5.74, 6) is -0.348. The zero-order valence-corrected chi connectivity index (χ0v) is 14.1. The first-order chi connectivity index (χ1) is 10.6. The molecule has 0 aliphatic rings.